The van der Waals surface area contributed by atoms with E-state index < -0.39 is 6.10 Å². The quantitative estimate of drug-likeness (QED) is 0.0264. The second-order valence-electron chi connectivity index (χ2n) is 16.7. The minimum atomic E-state index is -0.762. The Labute approximate surface area is 348 Å². The van der Waals surface area contributed by atoms with Gasteiger partial charge in [0.25, 0.3) is 0 Å². The zero-order valence-corrected chi connectivity index (χ0v) is 37.7. The number of unbranched alkanes of at least 4 members (excludes halogenated alkanes) is 32. The highest BCUT2D eigenvalue weighted by atomic mass is 16.6. The van der Waals surface area contributed by atoms with Gasteiger partial charge in [0.2, 0.25) is 0 Å². The highest BCUT2D eigenvalue weighted by molar-refractivity contribution is 5.71. The molecule has 0 saturated heterocycles. The lowest BCUT2D eigenvalue weighted by molar-refractivity contribution is -0.167. The molecule has 6 heteroatoms. The maximum absolute atomic E-state index is 12.7. The summed E-state index contributed by atoms with van der Waals surface area (Å²) in [6.45, 7) is 6.58. The van der Waals surface area contributed by atoms with E-state index in [0.717, 1.165) is 64.2 Å². The number of hydrogen-bond donors (Lipinski definition) is 0. The highest BCUT2D eigenvalue weighted by Gasteiger charge is 2.19. The van der Waals surface area contributed by atoms with Crippen molar-refractivity contribution in [3.8, 4) is 0 Å². The van der Waals surface area contributed by atoms with E-state index in [4.69, 9.17) is 14.2 Å². The average molecular weight is 791 g/mol. The van der Waals surface area contributed by atoms with Crippen molar-refractivity contribution < 1.29 is 28.6 Å². The molecule has 6 nitrogen and oxygen atoms in total. The van der Waals surface area contributed by atoms with E-state index in [1.54, 1.807) is 0 Å². The Kier molecular flexibility index (Phi) is 44.3. The normalized spacial score (nSPS) is 12.0. The van der Waals surface area contributed by atoms with Gasteiger partial charge in [0.1, 0.15) is 13.2 Å². The van der Waals surface area contributed by atoms with Gasteiger partial charge in [-0.2, -0.15) is 0 Å². The van der Waals surface area contributed by atoms with Crippen molar-refractivity contribution in [3.63, 3.8) is 0 Å². The lowest BCUT2D eigenvalue weighted by atomic mass is 10.0. The molecule has 1 atom stereocenters. The Morgan fingerprint density at radius 3 is 0.893 bits per heavy atom. The maximum atomic E-state index is 12.7. The number of allylic oxidation sites excluding steroid dienone is 2. The average Bonchev–Trinajstić information content (AvgIpc) is 3.19. The smallest absolute Gasteiger partial charge is 0.306 e. The molecule has 0 rings (SSSR count). The van der Waals surface area contributed by atoms with Crippen LogP contribution in [0.1, 0.15) is 271 Å². The monoisotopic (exact) mass is 791 g/mol. The first-order valence-electron chi connectivity index (χ1n) is 24.7. The molecule has 0 aliphatic rings. The van der Waals surface area contributed by atoms with Gasteiger partial charge in [-0.1, -0.05) is 219 Å². The van der Waals surface area contributed by atoms with Crippen LogP contribution in [-0.2, 0) is 28.6 Å². The van der Waals surface area contributed by atoms with Gasteiger partial charge in [0, 0.05) is 19.3 Å². The summed E-state index contributed by atoms with van der Waals surface area (Å²) in [5, 5.41) is 0. The molecule has 0 aliphatic carbocycles. The lowest BCUT2D eigenvalue weighted by Gasteiger charge is -2.18. The third kappa shape index (κ3) is 43.3. The molecule has 56 heavy (non-hydrogen) atoms. The van der Waals surface area contributed by atoms with E-state index in [1.165, 1.54) is 167 Å². The number of ether oxygens (including phenoxy) is 3. The number of hydrogen-bond acceptors (Lipinski definition) is 6. The van der Waals surface area contributed by atoms with Crippen molar-refractivity contribution in [2.45, 2.75) is 277 Å². The van der Waals surface area contributed by atoms with Gasteiger partial charge >= 0.3 is 17.9 Å². The molecule has 0 fully saturated rings. The van der Waals surface area contributed by atoms with E-state index in [-0.39, 0.29) is 31.1 Å². The minimum Gasteiger partial charge on any atom is -0.462 e. The Morgan fingerprint density at radius 1 is 0.339 bits per heavy atom. The SMILES string of the molecule is CCCCCCCC/C=C\CCCCCCCCCC(=O)OCC(COC(=O)CCCCCCC)OC(=O)CCCCCCCCCCCCCCCCCC. The van der Waals surface area contributed by atoms with Gasteiger partial charge in [0.05, 0.1) is 0 Å². The van der Waals surface area contributed by atoms with Gasteiger partial charge in [0.15, 0.2) is 6.10 Å². The molecule has 0 saturated carbocycles. The molecule has 0 radical (unpaired) electrons. The third-order valence-corrected chi connectivity index (χ3v) is 11.0. The van der Waals surface area contributed by atoms with Crippen LogP contribution < -0.4 is 0 Å². The summed E-state index contributed by atoms with van der Waals surface area (Å²) in [4.78, 5) is 37.6. The molecule has 0 spiro atoms. The van der Waals surface area contributed by atoms with Crippen LogP contribution in [0.3, 0.4) is 0 Å². The molecule has 0 amide bonds. The molecule has 0 aromatic carbocycles. The van der Waals surface area contributed by atoms with Crippen molar-refractivity contribution in [1.82, 2.24) is 0 Å². The Bertz CT molecular complexity index is 870. The van der Waals surface area contributed by atoms with E-state index in [9.17, 15) is 14.4 Å². The summed E-state index contributed by atoms with van der Waals surface area (Å²) in [5.41, 5.74) is 0. The summed E-state index contributed by atoms with van der Waals surface area (Å²) in [5.74, 6) is -0.873. The first-order chi connectivity index (χ1) is 27.5. The van der Waals surface area contributed by atoms with Gasteiger partial charge in [-0.25, -0.2) is 0 Å². The van der Waals surface area contributed by atoms with Crippen molar-refractivity contribution in [2.75, 3.05) is 13.2 Å². The number of carbonyl (C=O) groups is 3. The molecule has 1 unspecified atom stereocenters. The molecule has 330 valence electrons. The fourth-order valence-electron chi connectivity index (χ4n) is 7.26. The zero-order chi connectivity index (χ0) is 40.8. The van der Waals surface area contributed by atoms with Crippen LogP contribution in [0.2, 0.25) is 0 Å². The Balaban J connectivity index is 4.15. The summed E-state index contributed by atoms with van der Waals surface area (Å²) in [6.07, 6.45) is 49.4. The van der Waals surface area contributed by atoms with Gasteiger partial charge in [-0.3, -0.25) is 14.4 Å². The second-order valence-corrected chi connectivity index (χ2v) is 16.7. The maximum Gasteiger partial charge on any atom is 0.306 e. The highest BCUT2D eigenvalue weighted by Crippen LogP contribution is 2.16. The van der Waals surface area contributed by atoms with Crippen molar-refractivity contribution >= 4 is 17.9 Å². The van der Waals surface area contributed by atoms with Gasteiger partial charge in [-0.05, 0) is 44.9 Å². The number of carbonyl (C=O) groups excluding carboxylic acids is 3. The van der Waals surface area contributed by atoms with Crippen molar-refractivity contribution in [2.24, 2.45) is 0 Å². The van der Waals surface area contributed by atoms with Crippen LogP contribution in [0.25, 0.3) is 0 Å². The van der Waals surface area contributed by atoms with Gasteiger partial charge < -0.3 is 14.2 Å². The van der Waals surface area contributed by atoms with Crippen LogP contribution in [0, 0.1) is 0 Å². The summed E-state index contributed by atoms with van der Waals surface area (Å²) in [7, 11) is 0. The molecule has 0 aliphatic heterocycles. The summed E-state index contributed by atoms with van der Waals surface area (Å²) in [6, 6.07) is 0. The third-order valence-electron chi connectivity index (χ3n) is 11.0. The largest absolute Gasteiger partial charge is 0.462 e. The topological polar surface area (TPSA) is 78.9 Å². The molecular weight excluding hydrogens is 697 g/mol. The minimum absolute atomic E-state index is 0.0687. The Hall–Kier alpha value is -1.85. The molecule has 0 N–H and O–H groups in total. The number of esters is 3. The first-order valence-corrected chi connectivity index (χ1v) is 24.7. The van der Waals surface area contributed by atoms with Crippen LogP contribution >= 0.6 is 0 Å². The standard InChI is InChI=1S/C50H94O6/c1-4-7-10-13-15-17-19-21-23-25-27-28-30-32-34-37-40-43-49(52)55-46-47(45-54-48(51)42-39-36-12-9-6-3)56-50(53)44-41-38-35-33-31-29-26-24-22-20-18-16-14-11-8-5-2/h21,23,47H,4-20,22,24-46H2,1-3H3/b23-21-. The van der Waals surface area contributed by atoms with Crippen molar-refractivity contribution in [3.05, 3.63) is 12.2 Å². The van der Waals surface area contributed by atoms with E-state index in [2.05, 4.69) is 32.9 Å². The van der Waals surface area contributed by atoms with Crippen LogP contribution in [0.5, 0.6) is 0 Å². The van der Waals surface area contributed by atoms with Crippen LogP contribution in [-0.4, -0.2) is 37.2 Å². The Morgan fingerprint density at radius 2 is 0.589 bits per heavy atom. The summed E-state index contributed by atoms with van der Waals surface area (Å²) < 4.78 is 16.7. The number of rotatable bonds is 45. The van der Waals surface area contributed by atoms with Crippen molar-refractivity contribution in [1.29, 1.82) is 0 Å². The van der Waals surface area contributed by atoms with E-state index in [0.29, 0.717) is 19.3 Å². The molecule has 0 bridgehead atoms. The van der Waals surface area contributed by atoms with Crippen LogP contribution in [0.4, 0.5) is 0 Å². The lowest BCUT2D eigenvalue weighted by Crippen LogP contribution is -2.30. The molecular formula is C50H94O6. The predicted molar refractivity (Wildman–Crippen MR) is 238 cm³/mol. The molecule has 0 aromatic heterocycles. The van der Waals surface area contributed by atoms with E-state index in [1.807, 2.05) is 0 Å². The van der Waals surface area contributed by atoms with E-state index >= 15 is 0 Å². The fourth-order valence-corrected chi connectivity index (χ4v) is 7.26. The second kappa shape index (κ2) is 45.8. The first kappa shape index (κ1) is 54.2. The molecule has 0 aromatic rings. The predicted octanol–water partition coefficient (Wildman–Crippen LogP) is 15.8. The van der Waals surface area contributed by atoms with Crippen LogP contribution in [0.15, 0.2) is 12.2 Å². The van der Waals surface area contributed by atoms with Gasteiger partial charge in [-0.15, -0.1) is 0 Å². The zero-order valence-electron chi connectivity index (χ0n) is 37.7. The summed E-state index contributed by atoms with van der Waals surface area (Å²) >= 11 is 0. The molecule has 0 heterocycles. The fraction of sp³-hybridized carbons (Fsp3) is 0.900.